The van der Waals surface area contributed by atoms with Crippen LogP contribution in [0.2, 0.25) is 0 Å². The van der Waals surface area contributed by atoms with Crippen LogP contribution in [-0.2, 0) is 0 Å². The first kappa shape index (κ1) is 12.3. The van der Waals surface area contributed by atoms with Crippen molar-refractivity contribution in [3.05, 3.63) is 60.7 Å². The van der Waals surface area contributed by atoms with Crippen LogP contribution in [0.25, 0.3) is 0 Å². The summed E-state index contributed by atoms with van der Waals surface area (Å²) < 4.78 is 0. The van der Waals surface area contributed by atoms with Gasteiger partial charge in [-0.15, -0.1) is 0 Å². The lowest BCUT2D eigenvalue weighted by Gasteiger charge is -2.21. The van der Waals surface area contributed by atoms with Crippen molar-refractivity contribution in [1.82, 2.24) is 0 Å². The van der Waals surface area contributed by atoms with Gasteiger partial charge in [0.15, 0.2) is 0 Å². The zero-order chi connectivity index (χ0) is 12.1. The molecule has 17 heavy (non-hydrogen) atoms. The van der Waals surface area contributed by atoms with Crippen molar-refractivity contribution in [1.29, 1.82) is 0 Å². The minimum atomic E-state index is -1.67. The van der Waals surface area contributed by atoms with E-state index < -0.39 is 7.41 Å². The molecule has 0 radical (unpaired) electrons. The Balaban J connectivity index is 2.47. The largest absolute Gasteiger partial charge is 0.196 e. The molecule has 0 amide bonds. The Bertz CT molecular complexity index is 413. The van der Waals surface area contributed by atoms with Gasteiger partial charge in [0.05, 0.1) is 6.16 Å². The highest BCUT2D eigenvalue weighted by atomic mass is 31.2. The van der Waals surface area contributed by atoms with Gasteiger partial charge in [0.2, 0.25) is 0 Å². The lowest BCUT2D eigenvalue weighted by atomic mass is 10.4. The van der Waals surface area contributed by atoms with E-state index in [2.05, 4.69) is 55.5 Å². The molecule has 88 valence electrons. The fourth-order valence-corrected chi connectivity index (χ4v) is 5.08. The fraction of sp³-hybridized carbons (Fsp3) is 0.200. The Morgan fingerprint density at radius 3 is 1.59 bits per heavy atom. The number of benzene rings is 2. The van der Waals surface area contributed by atoms with Crippen LogP contribution in [0, 0.1) is 0 Å². The van der Waals surface area contributed by atoms with Gasteiger partial charge in [-0.2, -0.15) is 5.50 Å². The van der Waals surface area contributed by atoms with E-state index in [-0.39, 0.29) is 0 Å². The number of rotatable bonds is 4. The van der Waals surface area contributed by atoms with Gasteiger partial charge < -0.3 is 0 Å². The monoisotopic (exact) mass is 244 g/mol. The van der Waals surface area contributed by atoms with Crippen molar-refractivity contribution in [3.63, 3.8) is 0 Å². The van der Waals surface area contributed by atoms with Crippen LogP contribution in [0.3, 0.4) is 0 Å². The highest BCUT2D eigenvalue weighted by Gasteiger charge is 2.37. The Morgan fingerprint density at radius 1 is 0.824 bits per heavy atom. The van der Waals surface area contributed by atoms with Crippen LogP contribution in [0.15, 0.2) is 60.7 Å². The van der Waals surface area contributed by atoms with E-state index >= 15 is 0 Å². The van der Waals surface area contributed by atoms with Crippen LogP contribution in [0.5, 0.6) is 0 Å². The Hall–Kier alpha value is -1.17. The van der Waals surface area contributed by atoms with Gasteiger partial charge in [-0.25, -0.2) is 0 Å². The average molecular weight is 244 g/mol. The first-order chi connectivity index (χ1) is 8.27. The summed E-state index contributed by atoms with van der Waals surface area (Å²) in [6.07, 6.45) is 2.19. The lowest BCUT2D eigenvalue weighted by molar-refractivity contribution is 1.09. The molecule has 2 aromatic rings. The second kappa shape index (κ2) is 5.44. The Morgan fingerprint density at radius 2 is 1.24 bits per heavy atom. The van der Waals surface area contributed by atoms with Gasteiger partial charge in [0, 0.05) is 0 Å². The molecule has 0 heterocycles. The minimum Gasteiger partial charge on any atom is -0.196 e. The molecule has 2 N–H and O–H groups in total. The molecular formula is C15H19NP+. The maximum absolute atomic E-state index is 6.76. The van der Waals surface area contributed by atoms with Gasteiger partial charge in [0.25, 0.3) is 0 Å². The molecule has 0 fully saturated rings. The summed E-state index contributed by atoms with van der Waals surface area (Å²) in [6.45, 7) is 2.20. The van der Waals surface area contributed by atoms with Crippen molar-refractivity contribution in [3.8, 4) is 0 Å². The van der Waals surface area contributed by atoms with E-state index in [4.69, 9.17) is 5.50 Å². The third kappa shape index (κ3) is 2.57. The maximum atomic E-state index is 6.76. The van der Waals surface area contributed by atoms with Crippen LogP contribution in [-0.4, -0.2) is 6.16 Å². The smallest absolute Gasteiger partial charge is 0.142 e. The van der Waals surface area contributed by atoms with Gasteiger partial charge in [-0.1, -0.05) is 43.3 Å². The molecule has 0 saturated heterocycles. The molecule has 0 bridgehead atoms. The average Bonchev–Trinajstić information content (AvgIpc) is 2.41. The van der Waals surface area contributed by atoms with Crippen molar-refractivity contribution < 1.29 is 0 Å². The quantitative estimate of drug-likeness (QED) is 0.822. The molecule has 1 nitrogen and oxygen atoms in total. The first-order valence-electron chi connectivity index (χ1n) is 6.05. The van der Waals surface area contributed by atoms with E-state index in [0.717, 1.165) is 12.6 Å². The van der Waals surface area contributed by atoms with Gasteiger partial charge in [-0.3, -0.25) is 0 Å². The summed E-state index contributed by atoms with van der Waals surface area (Å²) in [7, 11) is -1.67. The van der Waals surface area contributed by atoms with Gasteiger partial charge in [-0.05, 0) is 30.7 Å². The van der Waals surface area contributed by atoms with Crippen molar-refractivity contribution in [2.75, 3.05) is 6.16 Å². The third-order valence-electron chi connectivity index (χ3n) is 3.01. The summed E-state index contributed by atoms with van der Waals surface area (Å²) in [5.74, 6) is 0. The summed E-state index contributed by atoms with van der Waals surface area (Å²) in [5.41, 5.74) is 6.76. The normalized spacial score (nSPS) is 11.4. The van der Waals surface area contributed by atoms with Gasteiger partial charge >= 0.3 is 0 Å². The first-order valence-corrected chi connectivity index (χ1v) is 8.09. The summed E-state index contributed by atoms with van der Waals surface area (Å²) in [6, 6.07) is 21.1. The summed E-state index contributed by atoms with van der Waals surface area (Å²) >= 11 is 0. The molecule has 0 atom stereocenters. The van der Waals surface area contributed by atoms with E-state index in [1.54, 1.807) is 0 Å². The van der Waals surface area contributed by atoms with Crippen LogP contribution >= 0.6 is 7.41 Å². The van der Waals surface area contributed by atoms with Crippen molar-refractivity contribution >= 4 is 18.0 Å². The van der Waals surface area contributed by atoms with Crippen LogP contribution < -0.4 is 16.1 Å². The molecule has 0 aromatic heterocycles. The SMILES string of the molecule is CCC[P+](N)(c1ccccc1)c1ccccc1. The number of hydrogen-bond donors (Lipinski definition) is 1. The molecule has 2 heteroatoms. The summed E-state index contributed by atoms with van der Waals surface area (Å²) in [4.78, 5) is 0. The predicted octanol–water partition coefficient (Wildman–Crippen LogP) is 2.94. The molecule has 2 aromatic carbocycles. The molecule has 2 rings (SSSR count). The van der Waals surface area contributed by atoms with E-state index in [1.165, 1.54) is 10.6 Å². The Kier molecular flexibility index (Phi) is 3.93. The topological polar surface area (TPSA) is 26.0 Å². The van der Waals surface area contributed by atoms with Gasteiger partial charge in [0.1, 0.15) is 18.0 Å². The Labute approximate surface area is 104 Å². The molecule has 0 spiro atoms. The van der Waals surface area contributed by atoms with E-state index in [1.807, 2.05) is 12.1 Å². The van der Waals surface area contributed by atoms with Crippen LogP contribution in [0.4, 0.5) is 0 Å². The zero-order valence-corrected chi connectivity index (χ0v) is 11.1. The molecule has 0 unspecified atom stereocenters. The highest BCUT2D eigenvalue weighted by molar-refractivity contribution is 7.87. The number of hydrogen-bond acceptors (Lipinski definition) is 1. The standard InChI is InChI=1S/C15H19NP/c1-2-13-17(16,14-9-5-3-6-10-14)15-11-7-4-8-12-15/h3-12H,2,13,16H2,1H3/q+1. The van der Waals surface area contributed by atoms with E-state index in [0.29, 0.717) is 0 Å². The molecular weight excluding hydrogens is 225 g/mol. The molecule has 0 aliphatic rings. The highest BCUT2D eigenvalue weighted by Crippen LogP contribution is 2.48. The van der Waals surface area contributed by atoms with Crippen molar-refractivity contribution in [2.24, 2.45) is 5.50 Å². The minimum absolute atomic E-state index is 1.07. The molecule has 0 saturated carbocycles. The predicted molar refractivity (Wildman–Crippen MR) is 78.4 cm³/mol. The lowest BCUT2D eigenvalue weighted by Crippen LogP contribution is -2.30. The second-order valence-electron chi connectivity index (χ2n) is 4.26. The third-order valence-corrected chi connectivity index (χ3v) is 6.60. The maximum Gasteiger partial charge on any atom is 0.142 e. The second-order valence-corrected chi connectivity index (χ2v) is 7.48. The molecule has 0 aliphatic heterocycles. The fourth-order valence-electron chi connectivity index (χ4n) is 2.15. The number of nitrogens with two attached hydrogens (primary N) is 1. The molecule has 0 aliphatic carbocycles. The van der Waals surface area contributed by atoms with Crippen molar-refractivity contribution in [2.45, 2.75) is 13.3 Å². The zero-order valence-electron chi connectivity index (χ0n) is 10.2. The summed E-state index contributed by atoms with van der Waals surface area (Å²) in [5, 5.41) is 2.60. The van der Waals surface area contributed by atoms with Crippen LogP contribution in [0.1, 0.15) is 13.3 Å². The van der Waals surface area contributed by atoms with E-state index in [9.17, 15) is 0 Å².